The molecule has 8 heteroatoms. The summed E-state index contributed by atoms with van der Waals surface area (Å²) in [6, 6.07) is 15.2. The summed E-state index contributed by atoms with van der Waals surface area (Å²) in [5.74, 6) is 0.625. The second kappa shape index (κ2) is 11.2. The Labute approximate surface area is 164 Å². The Morgan fingerprint density at radius 3 is 2.71 bits per heavy atom. The van der Waals surface area contributed by atoms with Gasteiger partial charge in [-0.15, -0.1) is 0 Å². The van der Waals surface area contributed by atoms with Crippen LogP contribution in [0.3, 0.4) is 0 Å². The maximum absolute atomic E-state index is 11.0. The van der Waals surface area contributed by atoms with Gasteiger partial charge in [-0.25, -0.2) is 4.99 Å². The zero-order chi connectivity index (χ0) is 20.2. The minimum absolute atomic E-state index is 0.0434. The van der Waals surface area contributed by atoms with Gasteiger partial charge in [0.2, 0.25) is 5.96 Å². The molecule has 2 rings (SSSR count). The van der Waals surface area contributed by atoms with Crippen molar-refractivity contribution in [1.29, 1.82) is 5.26 Å². The summed E-state index contributed by atoms with van der Waals surface area (Å²) in [5.41, 5.74) is 0.633. The molecule has 0 heterocycles. The molecule has 2 N–H and O–H groups in total. The molecule has 0 saturated heterocycles. The lowest BCUT2D eigenvalue weighted by Gasteiger charge is -2.21. The number of hydrogen-bond acceptors (Lipinski definition) is 5. The fraction of sp³-hybridized carbons (Fsp3) is 0.300. The fourth-order valence-electron chi connectivity index (χ4n) is 2.51. The third-order valence-corrected chi connectivity index (χ3v) is 3.85. The van der Waals surface area contributed by atoms with E-state index in [1.807, 2.05) is 36.5 Å². The summed E-state index contributed by atoms with van der Waals surface area (Å²) >= 11 is 0. The summed E-state index contributed by atoms with van der Waals surface area (Å²) in [6.07, 6.45) is 4.97. The van der Waals surface area contributed by atoms with E-state index < -0.39 is 11.2 Å². The fourth-order valence-corrected chi connectivity index (χ4v) is 2.51. The Morgan fingerprint density at radius 2 is 2.04 bits per heavy atom. The second-order valence-corrected chi connectivity index (χ2v) is 6.03. The summed E-state index contributed by atoms with van der Waals surface area (Å²) in [5, 5.41) is 25.6. The second-order valence-electron chi connectivity index (χ2n) is 6.03. The van der Waals surface area contributed by atoms with Crippen molar-refractivity contribution >= 4 is 17.3 Å². The average molecular weight is 381 g/mol. The Balaban J connectivity index is 2.18. The van der Waals surface area contributed by atoms with Gasteiger partial charge in [0.15, 0.2) is 12.4 Å². The van der Waals surface area contributed by atoms with Gasteiger partial charge in [-0.05, 0) is 24.6 Å². The first kappa shape index (κ1) is 20.7. The average Bonchev–Trinajstić information content (AvgIpc) is 2.69. The van der Waals surface area contributed by atoms with E-state index in [1.165, 1.54) is 12.1 Å². The predicted molar refractivity (Wildman–Crippen MR) is 107 cm³/mol. The number of hydrogen-bond donors (Lipinski definition) is 2. The van der Waals surface area contributed by atoms with Gasteiger partial charge in [-0.2, -0.15) is 5.26 Å². The molecule has 8 nitrogen and oxygen atoms in total. The molecule has 146 valence electrons. The number of nitro groups is 1. The molecule has 0 saturated carbocycles. The van der Waals surface area contributed by atoms with Crippen LogP contribution in [0, 0.1) is 21.6 Å². The van der Waals surface area contributed by atoms with Gasteiger partial charge in [0.1, 0.15) is 5.75 Å². The van der Waals surface area contributed by atoms with Crippen molar-refractivity contribution in [3.05, 3.63) is 64.7 Å². The van der Waals surface area contributed by atoms with Crippen LogP contribution in [0.2, 0.25) is 0 Å². The first-order chi connectivity index (χ1) is 13.6. The standard InChI is InChI=1S/C20H23N5O3/c1-2-3-5-13-19(28-18-12-8-11-17(14-18)25(26)27)24-20(22-15-21)23-16-9-6-4-7-10-16/h4,6-12,14,19H,2-3,5,13H2,1H3,(H2,22,23,24). The molecule has 2 aromatic rings. The van der Waals surface area contributed by atoms with E-state index in [4.69, 9.17) is 10.00 Å². The summed E-state index contributed by atoms with van der Waals surface area (Å²) in [6.45, 7) is 2.10. The quantitative estimate of drug-likeness (QED) is 0.0982. The Bertz CT molecular complexity index is 833. The number of nitrogens with one attached hydrogen (secondary N) is 2. The third kappa shape index (κ3) is 6.96. The van der Waals surface area contributed by atoms with E-state index in [0.29, 0.717) is 17.9 Å². The lowest BCUT2D eigenvalue weighted by atomic mass is 10.2. The van der Waals surface area contributed by atoms with Gasteiger partial charge in [-0.1, -0.05) is 44.0 Å². The minimum atomic E-state index is -0.503. The van der Waals surface area contributed by atoms with Crippen molar-refractivity contribution < 1.29 is 9.66 Å². The first-order valence-corrected chi connectivity index (χ1v) is 9.09. The number of nitrogens with zero attached hydrogens (tertiary/aromatic N) is 3. The molecule has 0 aliphatic heterocycles. The van der Waals surface area contributed by atoms with Crippen molar-refractivity contribution in [2.45, 2.75) is 38.8 Å². The highest BCUT2D eigenvalue weighted by Gasteiger charge is 2.15. The molecule has 1 unspecified atom stereocenters. The van der Waals surface area contributed by atoms with Gasteiger partial charge < -0.3 is 10.1 Å². The van der Waals surface area contributed by atoms with Crippen molar-refractivity contribution in [1.82, 2.24) is 10.6 Å². The summed E-state index contributed by atoms with van der Waals surface area (Å²) < 4.78 is 5.92. The molecule has 0 spiro atoms. The third-order valence-electron chi connectivity index (χ3n) is 3.85. The minimum Gasteiger partial charge on any atom is -0.470 e. The zero-order valence-corrected chi connectivity index (χ0v) is 15.7. The molecule has 0 radical (unpaired) electrons. The molecule has 28 heavy (non-hydrogen) atoms. The van der Waals surface area contributed by atoms with Gasteiger partial charge >= 0.3 is 0 Å². The Morgan fingerprint density at radius 1 is 1.25 bits per heavy atom. The van der Waals surface area contributed by atoms with Crippen molar-refractivity contribution in [3.8, 4) is 11.9 Å². The van der Waals surface area contributed by atoms with Crippen LogP contribution in [0.4, 0.5) is 11.4 Å². The smallest absolute Gasteiger partial charge is 0.273 e. The number of benzene rings is 2. The highest BCUT2D eigenvalue weighted by molar-refractivity contribution is 5.84. The molecular weight excluding hydrogens is 358 g/mol. The molecule has 0 aliphatic rings. The largest absolute Gasteiger partial charge is 0.470 e. The number of non-ortho nitro benzene ring substituents is 1. The van der Waals surface area contributed by atoms with Crippen LogP contribution in [0.15, 0.2) is 59.6 Å². The van der Waals surface area contributed by atoms with Crippen LogP contribution in [-0.4, -0.2) is 17.1 Å². The van der Waals surface area contributed by atoms with E-state index in [9.17, 15) is 10.1 Å². The van der Waals surface area contributed by atoms with Crippen LogP contribution < -0.4 is 15.4 Å². The Hall–Kier alpha value is -3.60. The number of nitro benzene ring substituents is 1. The van der Waals surface area contributed by atoms with Crippen molar-refractivity contribution in [2.75, 3.05) is 0 Å². The number of unbranched alkanes of at least 4 members (excludes halogenated alkanes) is 2. The van der Waals surface area contributed by atoms with Gasteiger partial charge in [0.25, 0.3) is 5.69 Å². The predicted octanol–water partition coefficient (Wildman–Crippen LogP) is 4.23. The number of ether oxygens (including phenoxy) is 1. The summed E-state index contributed by atoms with van der Waals surface area (Å²) in [4.78, 5) is 14.9. The van der Waals surface area contributed by atoms with E-state index in [0.717, 1.165) is 19.3 Å². The molecule has 0 amide bonds. The molecule has 0 bridgehead atoms. The lowest BCUT2D eigenvalue weighted by Crippen LogP contribution is -2.44. The van der Waals surface area contributed by atoms with Gasteiger partial charge in [0, 0.05) is 12.5 Å². The number of guanidine groups is 1. The van der Waals surface area contributed by atoms with Crippen LogP contribution in [0.25, 0.3) is 0 Å². The van der Waals surface area contributed by atoms with Crippen molar-refractivity contribution in [2.24, 2.45) is 4.99 Å². The number of para-hydroxylation sites is 1. The van der Waals surface area contributed by atoms with E-state index in [1.54, 1.807) is 12.1 Å². The van der Waals surface area contributed by atoms with Crippen molar-refractivity contribution in [3.63, 3.8) is 0 Å². The molecule has 0 fully saturated rings. The molecular formula is C20H23N5O3. The SMILES string of the molecule is CCCCCC(N/C(=N/c1ccccc1)NC#N)Oc1cccc([N+](=O)[O-])c1. The van der Waals surface area contributed by atoms with Gasteiger partial charge in [0.05, 0.1) is 16.7 Å². The number of rotatable bonds is 9. The lowest BCUT2D eigenvalue weighted by molar-refractivity contribution is -0.384. The zero-order valence-electron chi connectivity index (χ0n) is 15.7. The van der Waals surface area contributed by atoms with Crippen LogP contribution in [-0.2, 0) is 0 Å². The monoisotopic (exact) mass is 381 g/mol. The van der Waals surface area contributed by atoms with Gasteiger partial charge in [-0.3, -0.25) is 15.4 Å². The maximum Gasteiger partial charge on any atom is 0.273 e. The molecule has 0 aliphatic carbocycles. The van der Waals surface area contributed by atoms with Crippen LogP contribution in [0.1, 0.15) is 32.6 Å². The molecule has 2 aromatic carbocycles. The summed E-state index contributed by atoms with van der Waals surface area (Å²) in [7, 11) is 0. The molecule has 0 aromatic heterocycles. The topological polar surface area (TPSA) is 113 Å². The number of aliphatic imine (C=N–C) groups is 1. The van der Waals surface area contributed by atoms with E-state index >= 15 is 0 Å². The maximum atomic E-state index is 11.0. The van der Waals surface area contributed by atoms with E-state index in [-0.39, 0.29) is 11.6 Å². The van der Waals surface area contributed by atoms with Crippen LogP contribution in [0.5, 0.6) is 5.75 Å². The highest BCUT2D eigenvalue weighted by Crippen LogP contribution is 2.21. The number of nitriles is 1. The first-order valence-electron chi connectivity index (χ1n) is 9.09. The normalized spacial score (nSPS) is 11.9. The highest BCUT2D eigenvalue weighted by atomic mass is 16.6. The Kier molecular flexibility index (Phi) is 8.27. The molecule has 1 atom stereocenters. The van der Waals surface area contributed by atoms with E-state index in [2.05, 4.69) is 22.5 Å². The van der Waals surface area contributed by atoms with Crippen LogP contribution >= 0.6 is 0 Å².